The number of sulfone groups is 1. The van der Waals surface area contributed by atoms with E-state index in [1.807, 2.05) is 0 Å². The van der Waals surface area contributed by atoms with Crippen LogP contribution in [-0.4, -0.2) is 94.6 Å². The molecule has 2 N–H and O–H groups in total. The molecule has 2 rings (SSSR count). The fourth-order valence-electron chi connectivity index (χ4n) is 3.31. The maximum atomic E-state index is 11.4. The summed E-state index contributed by atoms with van der Waals surface area (Å²) in [4.78, 5) is 9.04. The third-order valence-electron chi connectivity index (χ3n) is 4.85. The maximum absolute atomic E-state index is 11.4. The third-order valence-corrected chi connectivity index (χ3v) is 6.46. The quantitative estimate of drug-likeness (QED) is 0.321. The zero-order valence-corrected chi connectivity index (χ0v) is 18.7. The van der Waals surface area contributed by atoms with Crippen molar-refractivity contribution >= 4 is 39.8 Å². The average molecular weight is 487 g/mol. The van der Waals surface area contributed by atoms with Gasteiger partial charge in [-0.3, -0.25) is 9.89 Å². The van der Waals surface area contributed by atoms with Crippen LogP contribution in [0.25, 0.3) is 0 Å². The minimum atomic E-state index is -2.79. The molecule has 2 aliphatic heterocycles. The minimum Gasteiger partial charge on any atom is -0.355 e. The van der Waals surface area contributed by atoms with E-state index in [-0.39, 0.29) is 35.5 Å². The number of halogens is 1. The van der Waals surface area contributed by atoms with Gasteiger partial charge in [0.05, 0.1) is 11.5 Å². The molecule has 2 heterocycles. The molecule has 0 aromatic heterocycles. The zero-order valence-electron chi connectivity index (χ0n) is 15.5. The monoisotopic (exact) mass is 487 g/mol. The van der Waals surface area contributed by atoms with Gasteiger partial charge in [-0.25, -0.2) is 8.42 Å². The average Bonchev–Trinajstić information content (AvgIpc) is 2.57. The second-order valence-corrected chi connectivity index (χ2v) is 9.06. The SMILES string of the molecule is CCCN1CCC(NC(=NC)NCCN2CCS(=O)(=O)CC2)CC1.I. The van der Waals surface area contributed by atoms with E-state index in [9.17, 15) is 8.42 Å². The predicted molar refractivity (Wildman–Crippen MR) is 115 cm³/mol. The van der Waals surface area contributed by atoms with Crippen molar-refractivity contribution in [2.75, 3.05) is 64.4 Å². The van der Waals surface area contributed by atoms with Crippen LogP contribution in [0, 0.1) is 0 Å². The molecule has 2 saturated heterocycles. The van der Waals surface area contributed by atoms with Gasteiger partial charge in [0, 0.05) is 52.4 Å². The van der Waals surface area contributed by atoms with Crippen LogP contribution in [0.2, 0.25) is 0 Å². The van der Waals surface area contributed by atoms with Gasteiger partial charge in [0.2, 0.25) is 0 Å². The number of guanidine groups is 1. The van der Waals surface area contributed by atoms with Gasteiger partial charge in [-0.2, -0.15) is 0 Å². The minimum absolute atomic E-state index is 0. The summed E-state index contributed by atoms with van der Waals surface area (Å²) in [7, 11) is -0.991. The highest BCUT2D eigenvalue weighted by Gasteiger charge is 2.21. The number of aliphatic imine (C=N–C) groups is 1. The number of likely N-dealkylation sites (tertiary alicyclic amines) is 1. The van der Waals surface area contributed by atoms with Crippen LogP contribution in [0.15, 0.2) is 4.99 Å². The van der Waals surface area contributed by atoms with Crippen LogP contribution < -0.4 is 10.6 Å². The van der Waals surface area contributed by atoms with Crippen molar-refractivity contribution in [2.24, 2.45) is 4.99 Å². The van der Waals surface area contributed by atoms with E-state index in [1.54, 1.807) is 7.05 Å². The summed E-state index contributed by atoms with van der Waals surface area (Å²) in [5, 5.41) is 6.87. The molecule has 0 atom stereocenters. The molecule has 0 amide bonds. The number of hydrogen-bond donors (Lipinski definition) is 2. The molecule has 25 heavy (non-hydrogen) atoms. The summed E-state index contributed by atoms with van der Waals surface area (Å²) in [6, 6.07) is 0.490. The van der Waals surface area contributed by atoms with Crippen LogP contribution in [0.1, 0.15) is 26.2 Å². The standard InChI is InChI=1S/C16H33N5O2S.HI/c1-3-7-20-8-4-15(5-9-20)19-16(17-2)18-6-10-21-11-13-24(22,23)14-12-21;/h15H,3-14H2,1-2H3,(H2,17,18,19);1H. The Kier molecular flexibility index (Phi) is 10.6. The second kappa shape index (κ2) is 11.6. The Bertz CT molecular complexity index is 493. The highest BCUT2D eigenvalue weighted by atomic mass is 127. The van der Waals surface area contributed by atoms with Gasteiger partial charge in [0.1, 0.15) is 0 Å². The topological polar surface area (TPSA) is 77.0 Å². The molecule has 0 saturated carbocycles. The molecular weight excluding hydrogens is 453 g/mol. The van der Waals surface area contributed by atoms with E-state index in [4.69, 9.17) is 0 Å². The van der Waals surface area contributed by atoms with Crippen LogP contribution in [0.3, 0.4) is 0 Å². The van der Waals surface area contributed by atoms with Gasteiger partial charge in [-0.15, -0.1) is 24.0 Å². The normalized spacial score (nSPS) is 23.0. The van der Waals surface area contributed by atoms with Gasteiger partial charge in [0.25, 0.3) is 0 Å². The molecule has 0 radical (unpaired) electrons. The van der Waals surface area contributed by atoms with Crippen molar-refractivity contribution in [2.45, 2.75) is 32.2 Å². The first-order valence-corrected chi connectivity index (χ1v) is 11.0. The number of rotatable bonds is 6. The number of piperidine rings is 1. The summed E-state index contributed by atoms with van der Waals surface area (Å²) in [6.07, 6.45) is 3.54. The molecule has 0 spiro atoms. The predicted octanol–water partition coefficient (Wildman–Crippen LogP) is 0.374. The van der Waals surface area contributed by atoms with Gasteiger partial charge >= 0.3 is 0 Å². The Labute approximate surface area is 169 Å². The highest BCUT2D eigenvalue weighted by Crippen LogP contribution is 2.10. The molecule has 2 fully saturated rings. The third kappa shape index (κ3) is 8.40. The summed E-state index contributed by atoms with van der Waals surface area (Å²) in [5.74, 6) is 1.43. The summed E-state index contributed by atoms with van der Waals surface area (Å²) < 4.78 is 22.9. The number of hydrogen-bond acceptors (Lipinski definition) is 5. The molecule has 0 aromatic carbocycles. The first-order valence-electron chi connectivity index (χ1n) is 9.14. The maximum Gasteiger partial charge on any atom is 0.191 e. The molecule has 148 valence electrons. The lowest BCUT2D eigenvalue weighted by molar-refractivity contribution is 0.206. The number of nitrogens with zero attached hydrogens (tertiary/aromatic N) is 3. The lowest BCUT2D eigenvalue weighted by Gasteiger charge is -2.33. The number of nitrogens with one attached hydrogen (secondary N) is 2. The fraction of sp³-hybridized carbons (Fsp3) is 0.938. The largest absolute Gasteiger partial charge is 0.355 e. The van der Waals surface area contributed by atoms with Crippen molar-refractivity contribution < 1.29 is 8.42 Å². The Hall–Kier alpha value is -0.130. The first kappa shape index (κ1) is 22.9. The van der Waals surface area contributed by atoms with Crippen molar-refractivity contribution in [1.29, 1.82) is 0 Å². The second-order valence-electron chi connectivity index (χ2n) is 6.75. The van der Waals surface area contributed by atoms with E-state index in [2.05, 4.69) is 32.3 Å². The molecule has 0 unspecified atom stereocenters. The Morgan fingerprint density at radius 2 is 1.68 bits per heavy atom. The Morgan fingerprint density at radius 3 is 2.24 bits per heavy atom. The zero-order chi connectivity index (χ0) is 17.4. The van der Waals surface area contributed by atoms with E-state index in [0.717, 1.165) is 45.0 Å². The molecule has 2 aliphatic rings. The van der Waals surface area contributed by atoms with Gasteiger partial charge < -0.3 is 15.5 Å². The van der Waals surface area contributed by atoms with Crippen LogP contribution in [0.4, 0.5) is 0 Å². The van der Waals surface area contributed by atoms with Crippen molar-refractivity contribution in [3.8, 4) is 0 Å². The lowest BCUT2D eigenvalue weighted by Crippen LogP contribution is -2.50. The van der Waals surface area contributed by atoms with E-state index in [0.29, 0.717) is 19.1 Å². The smallest absolute Gasteiger partial charge is 0.191 e. The van der Waals surface area contributed by atoms with E-state index < -0.39 is 9.84 Å². The van der Waals surface area contributed by atoms with Crippen molar-refractivity contribution in [3.63, 3.8) is 0 Å². The van der Waals surface area contributed by atoms with E-state index >= 15 is 0 Å². The summed E-state index contributed by atoms with van der Waals surface area (Å²) >= 11 is 0. The van der Waals surface area contributed by atoms with Gasteiger partial charge in [-0.1, -0.05) is 6.92 Å². The van der Waals surface area contributed by atoms with Crippen molar-refractivity contribution in [3.05, 3.63) is 0 Å². The van der Waals surface area contributed by atoms with Gasteiger partial charge in [0.15, 0.2) is 15.8 Å². The lowest BCUT2D eigenvalue weighted by atomic mass is 10.1. The molecule has 0 aromatic rings. The molecular formula is C16H34IN5O2S. The molecule has 7 nitrogen and oxygen atoms in total. The highest BCUT2D eigenvalue weighted by molar-refractivity contribution is 14.0. The fourth-order valence-corrected chi connectivity index (χ4v) is 4.59. The van der Waals surface area contributed by atoms with E-state index in [1.165, 1.54) is 13.0 Å². The Morgan fingerprint density at radius 1 is 1.08 bits per heavy atom. The summed E-state index contributed by atoms with van der Waals surface area (Å²) in [5.41, 5.74) is 0. The molecule has 0 bridgehead atoms. The van der Waals surface area contributed by atoms with Crippen molar-refractivity contribution in [1.82, 2.24) is 20.4 Å². The van der Waals surface area contributed by atoms with Crippen LogP contribution in [0.5, 0.6) is 0 Å². The molecule has 9 heteroatoms. The molecule has 0 aliphatic carbocycles. The van der Waals surface area contributed by atoms with Gasteiger partial charge in [-0.05, 0) is 25.8 Å². The van der Waals surface area contributed by atoms with Crippen LogP contribution in [-0.2, 0) is 9.84 Å². The first-order chi connectivity index (χ1) is 11.5. The van der Waals surface area contributed by atoms with Crippen LogP contribution >= 0.6 is 24.0 Å². The Balaban J connectivity index is 0.00000312. The summed E-state index contributed by atoms with van der Waals surface area (Å²) in [6.45, 7) is 8.67.